The van der Waals surface area contributed by atoms with Gasteiger partial charge in [-0.25, -0.2) is 0 Å². The zero-order valence-electron chi connectivity index (χ0n) is 29.8. The summed E-state index contributed by atoms with van der Waals surface area (Å²) in [5.74, 6) is 0. The fourth-order valence-electron chi connectivity index (χ4n) is 9.63. The summed E-state index contributed by atoms with van der Waals surface area (Å²) in [6.45, 7) is 4.80. The van der Waals surface area contributed by atoms with E-state index in [1.807, 2.05) is 0 Å². The van der Waals surface area contributed by atoms with Gasteiger partial charge in [-0.1, -0.05) is 178 Å². The lowest BCUT2D eigenvalue weighted by Gasteiger charge is -2.24. The van der Waals surface area contributed by atoms with Crippen LogP contribution in [0.4, 0.5) is 0 Å². The van der Waals surface area contributed by atoms with Crippen LogP contribution in [-0.4, -0.2) is 0 Å². The van der Waals surface area contributed by atoms with Crippen molar-refractivity contribution in [1.29, 1.82) is 0 Å². The Labute approximate surface area is 309 Å². The molecule has 0 heteroatoms. The minimum Gasteiger partial charge on any atom is -0.0616 e. The van der Waals surface area contributed by atoms with E-state index in [0.29, 0.717) is 0 Å². The molecule has 1 aliphatic rings. The number of hydrogen-bond donors (Lipinski definition) is 0. The molecule has 0 unspecified atom stereocenters. The van der Waals surface area contributed by atoms with Crippen molar-refractivity contribution >= 4 is 53.9 Å². The van der Waals surface area contributed by atoms with Gasteiger partial charge in [0.1, 0.15) is 0 Å². The number of benzene rings is 10. The molecule has 0 aromatic heterocycles. The maximum atomic E-state index is 2.46. The molecule has 0 N–H and O–H groups in total. The molecule has 11 rings (SSSR count). The summed E-state index contributed by atoms with van der Waals surface area (Å²) in [5.41, 5.74) is 13.0. The van der Waals surface area contributed by atoms with Crippen LogP contribution in [0.15, 0.2) is 182 Å². The zero-order chi connectivity index (χ0) is 35.3. The highest BCUT2D eigenvalue weighted by Crippen LogP contribution is 2.55. The van der Waals surface area contributed by atoms with E-state index in [0.717, 1.165) is 0 Å². The number of fused-ring (bicyclic) bond motifs is 11. The molecule has 248 valence electrons. The van der Waals surface area contributed by atoms with Crippen LogP contribution in [0.25, 0.3) is 98.4 Å². The Balaban J connectivity index is 1.12. The van der Waals surface area contributed by atoms with Crippen molar-refractivity contribution in [2.24, 2.45) is 0 Å². The minimum absolute atomic E-state index is 0.112. The predicted octanol–water partition coefficient (Wildman–Crippen LogP) is 14.8. The first kappa shape index (κ1) is 30.2. The third-order valence-electron chi connectivity index (χ3n) is 12.0. The third kappa shape index (κ3) is 4.36. The van der Waals surface area contributed by atoms with Crippen molar-refractivity contribution in [1.82, 2.24) is 0 Å². The lowest BCUT2D eigenvalue weighted by molar-refractivity contribution is 0.666. The van der Waals surface area contributed by atoms with Gasteiger partial charge < -0.3 is 0 Å². The van der Waals surface area contributed by atoms with E-state index in [4.69, 9.17) is 0 Å². The molecule has 0 amide bonds. The Morgan fingerprint density at radius 2 is 0.755 bits per heavy atom. The van der Waals surface area contributed by atoms with Crippen molar-refractivity contribution in [2.45, 2.75) is 19.3 Å². The van der Waals surface area contributed by atoms with Gasteiger partial charge in [-0.05, 0) is 128 Å². The van der Waals surface area contributed by atoms with E-state index in [-0.39, 0.29) is 5.41 Å². The summed E-state index contributed by atoms with van der Waals surface area (Å²) < 4.78 is 0. The first-order chi connectivity index (χ1) is 26.1. The molecule has 0 bridgehead atoms. The summed E-state index contributed by atoms with van der Waals surface area (Å²) in [6.07, 6.45) is 0. The Morgan fingerprint density at radius 1 is 0.302 bits per heavy atom. The molecule has 0 heterocycles. The second-order valence-electron chi connectivity index (χ2n) is 15.2. The van der Waals surface area contributed by atoms with Gasteiger partial charge in [0.2, 0.25) is 0 Å². The van der Waals surface area contributed by atoms with Crippen LogP contribution < -0.4 is 0 Å². The smallest absolute Gasteiger partial charge is 0.0165 e. The second-order valence-corrected chi connectivity index (χ2v) is 15.2. The quantitative estimate of drug-likeness (QED) is 0.129. The second kappa shape index (κ2) is 11.2. The standard InChI is InChI=1S/C53H36/c1-53(2)48-29-28-36(32-47(48)51-41-20-7-5-18-39(41)40-19-6-12-25-46(40)52(51)53)35-16-13-17-37(31-35)49-42-21-8-10-23-44(42)50(45-24-11-9-22-43(45)49)38-27-26-33-14-3-4-15-34(33)30-38/h3-32H,1-2H3. The summed E-state index contributed by atoms with van der Waals surface area (Å²) in [6, 6.07) is 67.8. The van der Waals surface area contributed by atoms with Gasteiger partial charge in [-0.2, -0.15) is 0 Å². The fourth-order valence-corrected chi connectivity index (χ4v) is 9.63. The van der Waals surface area contributed by atoms with E-state index in [2.05, 4.69) is 196 Å². The predicted molar refractivity (Wildman–Crippen MR) is 228 cm³/mol. The molecular weight excluding hydrogens is 637 g/mol. The van der Waals surface area contributed by atoms with Gasteiger partial charge in [0.25, 0.3) is 0 Å². The highest BCUT2D eigenvalue weighted by Gasteiger charge is 2.38. The lowest BCUT2D eigenvalue weighted by atomic mass is 9.79. The highest BCUT2D eigenvalue weighted by molar-refractivity contribution is 6.22. The highest BCUT2D eigenvalue weighted by atomic mass is 14.4. The molecule has 1 aliphatic carbocycles. The van der Waals surface area contributed by atoms with Crippen LogP contribution in [0.1, 0.15) is 25.0 Å². The van der Waals surface area contributed by atoms with Gasteiger partial charge in [-0.3, -0.25) is 0 Å². The topological polar surface area (TPSA) is 0 Å². The molecule has 0 aliphatic heterocycles. The molecule has 0 saturated heterocycles. The van der Waals surface area contributed by atoms with E-state index in [9.17, 15) is 0 Å². The molecule has 0 atom stereocenters. The largest absolute Gasteiger partial charge is 0.0616 e. The van der Waals surface area contributed by atoms with Crippen LogP contribution in [0.5, 0.6) is 0 Å². The average Bonchev–Trinajstić information content (AvgIpc) is 3.46. The Morgan fingerprint density at radius 3 is 1.40 bits per heavy atom. The van der Waals surface area contributed by atoms with Crippen molar-refractivity contribution in [3.63, 3.8) is 0 Å². The molecule has 53 heavy (non-hydrogen) atoms. The van der Waals surface area contributed by atoms with Gasteiger partial charge in [0.05, 0.1) is 0 Å². The SMILES string of the molecule is CC1(C)c2ccc(-c3cccc(-c4c5ccccc5c(-c5ccc6ccccc6c5)c5ccccc45)c3)cc2-c2c1c1ccccc1c1ccccc21. The Bertz CT molecular complexity index is 3080. The van der Waals surface area contributed by atoms with Crippen LogP contribution in [0.3, 0.4) is 0 Å². The maximum Gasteiger partial charge on any atom is 0.0165 e. The van der Waals surface area contributed by atoms with Crippen molar-refractivity contribution in [3.05, 3.63) is 193 Å². The number of rotatable bonds is 3. The van der Waals surface area contributed by atoms with Crippen molar-refractivity contribution in [2.75, 3.05) is 0 Å². The van der Waals surface area contributed by atoms with Gasteiger partial charge >= 0.3 is 0 Å². The maximum absolute atomic E-state index is 2.46. The van der Waals surface area contributed by atoms with Crippen molar-refractivity contribution < 1.29 is 0 Å². The molecule has 0 saturated carbocycles. The molecule has 0 radical (unpaired) electrons. The van der Waals surface area contributed by atoms with Crippen LogP contribution in [0, 0.1) is 0 Å². The molecule has 0 nitrogen and oxygen atoms in total. The summed E-state index contributed by atoms with van der Waals surface area (Å²) >= 11 is 0. The fraction of sp³-hybridized carbons (Fsp3) is 0.0566. The minimum atomic E-state index is -0.112. The van der Waals surface area contributed by atoms with Gasteiger partial charge in [0.15, 0.2) is 0 Å². The normalized spacial score (nSPS) is 13.2. The van der Waals surface area contributed by atoms with Crippen LogP contribution >= 0.6 is 0 Å². The van der Waals surface area contributed by atoms with E-state index in [1.54, 1.807) is 0 Å². The van der Waals surface area contributed by atoms with E-state index in [1.165, 1.54) is 109 Å². The first-order valence-corrected chi connectivity index (χ1v) is 18.7. The Kier molecular flexibility index (Phi) is 6.40. The van der Waals surface area contributed by atoms with Crippen LogP contribution in [-0.2, 0) is 5.41 Å². The zero-order valence-corrected chi connectivity index (χ0v) is 29.8. The van der Waals surface area contributed by atoms with Gasteiger partial charge in [-0.15, -0.1) is 0 Å². The molecule has 10 aromatic carbocycles. The lowest BCUT2D eigenvalue weighted by Crippen LogP contribution is -2.15. The monoisotopic (exact) mass is 672 g/mol. The summed E-state index contributed by atoms with van der Waals surface area (Å²) in [7, 11) is 0. The molecule has 0 spiro atoms. The average molecular weight is 673 g/mol. The number of hydrogen-bond acceptors (Lipinski definition) is 0. The van der Waals surface area contributed by atoms with Crippen LogP contribution in [0.2, 0.25) is 0 Å². The third-order valence-corrected chi connectivity index (χ3v) is 12.0. The van der Waals surface area contributed by atoms with Gasteiger partial charge in [0, 0.05) is 5.41 Å². The molecule has 0 fully saturated rings. The van der Waals surface area contributed by atoms with E-state index < -0.39 is 0 Å². The van der Waals surface area contributed by atoms with Crippen molar-refractivity contribution in [3.8, 4) is 44.5 Å². The Hall–Kier alpha value is -6.50. The summed E-state index contributed by atoms with van der Waals surface area (Å²) in [4.78, 5) is 0. The summed E-state index contributed by atoms with van der Waals surface area (Å²) in [5, 5.41) is 13.0. The first-order valence-electron chi connectivity index (χ1n) is 18.7. The van der Waals surface area contributed by atoms with E-state index >= 15 is 0 Å². The molecular formula is C53H36. The molecule has 10 aromatic rings.